The Morgan fingerprint density at radius 2 is 1.69 bits per heavy atom. The number of carbonyl (C=O) groups excluding carboxylic acids is 3. The normalized spacial score (nSPS) is 14.7. The van der Waals surface area contributed by atoms with E-state index in [-0.39, 0.29) is 24.1 Å². The lowest BCUT2D eigenvalue weighted by molar-refractivity contribution is 0.0597. The number of aromatic amines is 1. The standard InChI is InChI=1S/C21H24FN3O4/c1-13-18(21(28)29-3)14(2)23-19(13)17(26)12-24-8-10-25(11-9-24)20(27)15-4-6-16(22)7-5-15/h4-7,23H,8-12H2,1-3H3. The molecule has 0 spiro atoms. The minimum absolute atomic E-state index is 0.112. The van der Waals surface area contributed by atoms with Crippen LogP contribution in [0.1, 0.15) is 42.5 Å². The van der Waals surface area contributed by atoms with Gasteiger partial charge in [0.25, 0.3) is 5.91 Å². The number of ether oxygens (including phenoxy) is 1. The summed E-state index contributed by atoms with van der Waals surface area (Å²) in [5, 5.41) is 0. The zero-order chi connectivity index (χ0) is 21.1. The van der Waals surface area contributed by atoms with Crippen molar-refractivity contribution in [3.05, 3.63) is 58.2 Å². The molecule has 0 atom stereocenters. The molecular weight excluding hydrogens is 377 g/mol. The SMILES string of the molecule is COC(=O)c1c(C)[nH]c(C(=O)CN2CCN(C(=O)c3ccc(F)cc3)CC2)c1C. The molecule has 1 aliphatic rings. The van der Waals surface area contributed by atoms with Crippen LogP contribution in [0.4, 0.5) is 4.39 Å². The second-order valence-electron chi connectivity index (χ2n) is 7.11. The number of benzene rings is 1. The number of hydrogen-bond donors (Lipinski definition) is 1. The number of Topliss-reactive ketones (excluding diaryl/α,β-unsaturated/α-hetero) is 1. The molecule has 7 nitrogen and oxygen atoms in total. The van der Waals surface area contributed by atoms with E-state index in [1.807, 2.05) is 4.90 Å². The van der Waals surface area contributed by atoms with Crippen LogP contribution in [-0.4, -0.2) is 72.3 Å². The first-order valence-electron chi connectivity index (χ1n) is 9.39. The number of ketones is 1. The zero-order valence-electron chi connectivity index (χ0n) is 16.8. The third-order valence-electron chi connectivity index (χ3n) is 5.22. The highest BCUT2D eigenvalue weighted by Crippen LogP contribution is 2.20. The lowest BCUT2D eigenvalue weighted by Gasteiger charge is -2.34. The maximum Gasteiger partial charge on any atom is 0.339 e. The quantitative estimate of drug-likeness (QED) is 0.614. The molecular formula is C21H24FN3O4. The van der Waals surface area contributed by atoms with Crippen molar-refractivity contribution in [1.29, 1.82) is 0 Å². The van der Waals surface area contributed by atoms with Crippen molar-refractivity contribution in [1.82, 2.24) is 14.8 Å². The number of amides is 1. The summed E-state index contributed by atoms with van der Waals surface area (Å²) in [5.41, 5.74) is 2.44. The fourth-order valence-corrected chi connectivity index (χ4v) is 3.60. The smallest absolute Gasteiger partial charge is 0.339 e. The van der Waals surface area contributed by atoms with Crippen LogP contribution in [0.5, 0.6) is 0 Å². The van der Waals surface area contributed by atoms with Gasteiger partial charge in [0.1, 0.15) is 5.82 Å². The van der Waals surface area contributed by atoms with Gasteiger partial charge < -0.3 is 14.6 Å². The van der Waals surface area contributed by atoms with E-state index in [0.29, 0.717) is 54.3 Å². The molecule has 0 unspecified atom stereocenters. The summed E-state index contributed by atoms with van der Waals surface area (Å²) in [6.45, 7) is 5.74. The first kappa shape index (κ1) is 20.7. The summed E-state index contributed by atoms with van der Waals surface area (Å²) < 4.78 is 17.8. The molecule has 154 valence electrons. The monoisotopic (exact) mass is 401 g/mol. The molecule has 1 aromatic heterocycles. The van der Waals surface area contributed by atoms with Gasteiger partial charge in [0, 0.05) is 37.4 Å². The summed E-state index contributed by atoms with van der Waals surface area (Å²) in [5.74, 6) is -1.10. The van der Waals surface area contributed by atoms with Gasteiger partial charge in [-0.15, -0.1) is 0 Å². The molecule has 8 heteroatoms. The summed E-state index contributed by atoms with van der Waals surface area (Å²) in [4.78, 5) is 43.8. The lowest BCUT2D eigenvalue weighted by Crippen LogP contribution is -2.50. The van der Waals surface area contributed by atoms with Crippen molar-refractivity contribution in [2.45, 2.75) is 13.8 Å². The molecule has 29 heavy (non-hydrogen) atoms. The third kappa shape index (κ3) is 4.37. The second-order valence-corrected chi connectivity index (χ2v) is 7.11. The average molecular weight is 401 g/mol. The van der Waals surface area contributed by atoms with E-state index in [1.54, 1.807) is 18.7 Å². The Labute approximate surface area is 168 Å². The number of H-pyrrole nitrogens is 1. The summed E-state index contributed by atoms with van der Waals surface area (Å²) in [6.07, 6.45) is 0. The molecule has 0 aliphatic carbocycles. The van der Waals surface area contributed by atoms with Gasteiger partial charge in [-0.3, -0.25) is 14.5 Å². The van der Waals surface area contributed by atoms with Gasteiger partial charge in [-0.2, -0.15) is 0 Å². The predicted molar refractivity (Wildman–Crippen MR) is 105 cm³/mol. The Hall–Kier alpha value is -3.00. The zero-order valence-corrected chi connectivity index (χ0v) is 16.8. The number of halogens is 1. The molecule has 1 fully saturated rings. The number of nitrogens with one attached hydrogen (secondary N) is 1. The van der Waals surface area contributed by atoms with Crippen molar-refractivity contribution >= 4 is 17.7 Å². The predicted octanol–water partition coefficient (Wildman–Crippen LogP) is 2.20. The number of aryl methyl sites for hydroxylation is 1. The maximum atomic E-state index is 13.0. The highest BCUT2D eigenvalue weighted by atomic mass is 19.1. The average Bonchev–Trinajstić information content (AvgIpc) is 3.02. The number of rotatable bonds is 5. The number of aromatic nitrogens is 1. The number of piperazine rings is 1. The van der Waals surface area contributed by atoms with Gasteiger partial charge in [-0.25, -0.2) is 9.18 Å². The Kier molecular flexibility index (Phi) is 6.12. The lowest BCUT2D eigenvalue weighted by atomic mass is 10.1. The molecule has 1 amide bonds. The highest BCUT2D eigenvalue weighted by molar-refractivity contribution is 6.02. The van der Waals surface area contributed by atoms with Crippen LogP contribution in [-0.2, 0) is 4.74 Å². The number of nitrogens with zero attached hydrogens (tertiary/aromatic N) is 2. The van der Waals surface area contributed by atoms with Crippen molar-refractivity contribution < 1.29 is 23.5 Å². The molecule has 2 aromatic rings. The molecule has 0 bridgehead atoms. The molecule has 1 saturated heterocycles. The number of carbonyl (C=O) groups is 3. The van der Waals surface area contributed by atoms with Crippen LogP contribution in [0.25, 0.3) is 0 Å². The van der Waals surface area contributed by atoms with E-state index in [1.165, 1.54) is 31.4 Å². The molecule has 2 heterocycles. The van der Waals surface area contributed by atoms with Crippen molar-refractivity contribution in [2.24, 2.45) is 0 Å². The van der Waals surface area contributed by atoms with E-state index >= 15 is 0 Å². The first-order valence-corrected chi connectivity index (χ1v) is 9.39. The van der Waals surface area contributed by atoms with Gasteiger partial charge in [0.05, 0.1) is 24.9 Å². The highest BCUT2D eigenvalue weighted by Gasteiger charge is 2.26. The van der Waals surface area contributed by atoms with Crippen molar-refractivity contribution in [2.75, 3.05) is 39.8 Å². The van der Waals surface area contributed by atoms with E-state index in [4.69, 9.17) is 4.74 Å². The number of esters is 1. The van der Waals surface area contributed by atoms with Gasteiger partial charge in [-0.05, 0) is 43.7 Å². The van der Waals surface area contributed by atoms with E-state index in [2.05, 4.69) is 4.98 Å². The van der Waals surface area contributed by atoms with Crippen molar-refractivity contribution in [3.63, 3.8) is 0 Å². The van der Waals surface area contributed by atoms with Crippen LogP contribution in [0.2, 0.25) is 0 Å². The number of hydrogen-bond acceptors (Lipinski definition) is 5. The van der Waals surface area contributed by atoms with Crippen LogP contribution < -0.4 is 0 Å². The molecule has 1 aromatic carbocycles. The van der Waals surface area contributed by atoms with Gasteiger partial charge in [-0.1, -0.05) is 0 Å². The largest absolute Gasteiger partial charge is 0.465 e. The fourth-order valence-electron chi connectivity index (χ4n) is 3.60. The summed E-state index contributed by atoms with van der Waals surface area (Å²) in [6, 6.07) is 5.49. The molecule has 3 rings (SSSR count). The van der Waals surface area contributed by atoms with Crippen molar-refractivity contribution in [3.8, 4) is 0 Å². The fraction of sp³-hybridized carbons (Fsp3) is 0.381. The van der Waals surface area contributed by atoms with Gasteiger partial charge in [0.2, 0.25) is 0 Å². The third-order valence-corrected chi connectivity index (χ3v) is 5.22. The Balaban J connectivity index is 1.59. The summed E-state index contributed by atoms with van der Waals surface area (Å²) >= 11 is 0. The number of methoxy groups -OCH3 is 1. The summed E-state index contributed by atoms with van der Waals surface area (Å²) in [7, 11) is 1.31. The minimum Gasteiger partial charge on any atom is -0.465 e. The van der Waals surface area contributed by atoms with Gasteiger partial charge >= 0.3 is 5.97 Å². The Bertz CT molecular complexity index is 928. The van der Waals surface area contributed by atoms with Crippen LogP contribution in [0.15, 0.2) is 24.3 Å². The van der Waals surface area contributed by atoms with Gasteiger partial charge in [0.15, 0.2) is 5.78 Å². The minimum atomic E-state index is -0.469. The Morgan fingerprint density at radius 1 is 1.07 bits per heavy atom. The molecule has 0 saturated carbocycles. The molecule has 1 N–H and O–H groups in total. The topological polar surface area (TPSA) is 82.7 Å². The van der Waals surface area contributed by atoms with E-state index in [9.17, 15) is 18.8 Å². The van der Waals surface area contributed by atoms with E-state index in [0.717, 1.165) is 0 Å². The van der Waals surface area contributed by atoms with Crippen LogP contribution in [0.3, 0.4) is 0 Å². The first-order chi connectivity index (χ1) is 13.8. The molecule has 0 radical (unpaired) electrons. The van der Waals surface area contributed by atoms with Crippen LogP contribution >= 0.6 is 0 Å². The Morgan fingerprint density at radius 3 is 2.28 bits per heavy atom. The van der Waals surface area contributed by atoms with Crippen LogP contribution in [0, 0.1) is 19.7 Å². The van der Waals surface area contributed by atoms with E-state index < -0.39 is 5.97 Å². The second kappa shape index (κ2) is 8.57. The molecule has 1 aliphatic heterocycles. The maximum absolute atomic E-state index is 13.0.